The normalized spacial score (nSPS) is 23.3. The van der Waals surface area contributed by atoms with Crippen molar-refractivity contribution in [1.29, 1.82) is 0 Å². The molecule has 1 atom stereocenters. The average Bonchev–Trinajstić information content (AvgIpc) is 2.28. The number of alkyl halides is 4. The van der Waals surface area contributed by atoms with Crippen LogP contribution in [0.4, 0.5) is 17.6 Å². The van der Waals surface area contributed by atoms with Crippen molar-refractivity contribution in [1.82, 2.24) is 0 Å². The topological polar surface area (TPSA) is 40.5 Å². The minimum Gasteiger partial charge on any atom is -0.356 e. The van der Waals surface area contributed by atoms with Gasteiger partial charge in [-0.3, -0.25) is 0 Å². The Bertz CT molecular complexity index is 306. The predicted molar refractivity (Wildman–Crippen MR) is 58.5 cm³/mol. The van der Waals surface area contributed by atoms with Crippen molar-refractivity contribution < 1.29 is 27.8 Å². The zero-order valence-corrected chi connectivity index (χ0v) is 10.2. The molecule has 1 saturated carbocycles. The number of hydrogen-bond donors (Lipinski definition) is 2. The van der Waals surface area contributed by atoms with Gasteiger partial charge in [0.05, 0.1) is 0 Å². The molecule has 0 radical (unpaired) electrons. The predicted octanol–water partition coefficient (Wildman–Crippen LogP) is 3.09. The van der Waals surface area contributed by atoms with E-state index in [1.165, 1.54) is 6.92 Å². The van der Waals surface area contributed by atoms with E-state index in [0.717, 1.165) is 12.5 Å². The number of aliphatic hydroxyl groups is 2. The number of allylic oxidation sites excluding steroid dienone is 1. The van der Waals surface area contributed by atoms with Crippen LogP contribution in [0.5, 0.6) is 0 Å². The first kappa shape index (κ1) is 15.4. The van der Waals surface area contributed by atoms with Crippen LogP contribution in [0.2, 0.25) is 0 Å². The van der Waals surface area contributed by atoms with Gasteiger partial charge in [0, 0.05) is 5.92 Å². The molecule has 1 unspecified atom stereocenters. The van der Waals surface area contributed by atoms with Crippen molar-refractivity contribution in [2.45, 2.75) is 56.7 Å². The van der Waals surface area contributed by atoms with Crippen LogP contribution in [-0.4, -0.2) is 27.8 Å². The third kappa shape index (κ3) is 2.54. The summed E-state index contributed by atoms with van der Waals surface area (Å²) in [5.74, 6) is -5.38. The molecule has 2 N–H and O–H groups in total. The Morgan fingerprint density at radius 1 is 1.00 bits per heavy atom. The second-order valence-electron chi connectivity index (χ2n) is 4.77. The summed E-state index contributed by atoms with van der Waals surface area (Å²) in [7, 11) is 0. The molecule has 1 rings (SSSR count). The molecule has 0 aromatic rings. The molecule has 18 heavy (non-hydrogen) atoms. The highest BCUT2D eigenvalue weighted by Gasteiger charge is 2.68. The van der Waals surface area contributed by atoms with E-state index in [9.17, 15) is 27.8 Å². The molecule has 0 bridgehead atoms. The summed E-state index contributed by atoms with van der Waals surface area (Å²) in [6.07, 6.45) is -1.25. The van der Waals surface area contributed by atoms with Gasteiger partial charge in [0.1, 0.15) is 0 Å². The molecule has 1 aliphatic carbocycles. The molecular formula is C12H18F4O2. The number of rotatable bonds is 3. The lowest BCUT2D eigenvalue weighted by Crippen LogP contribution is -2.63. The molecular weight excluding hydrogens is 252 g/mol. The smallest absolute Gasteiger partial charge is 0.356 e. The highest BCUT2D eigenvalue weighted by Crippen LogP contribution is 2.48. The van der Waals surface area contributed by atoms with Gasteiger partial charge in [-0.1, -0.05) is 25.3 Å². The highest BCUT2D eigenvalue weighted by molar-refractivity contribution is 5.14. The third-order valence-electron chi connectivity index (χ3n) is 3.54. The van der Waals surface area contributed by atoms with Crippen molar-refractivity contribution in [2.24, 2.45) is 5.92 Å². The lowest BCUT2D eigenvalue weighted by atomic mass is 9.73. The van der Waals surface area contributed by atoms with Gasteiger partial charge < -0.3 is 10.2 Å². The van der Waals surface area contributed by atoms with Crippen molar-refractivity contribution >= 4 is 0 Å². The largest absolute Gasteiger partial charge is 0.446 e. The van der Waals surface area contributed by atoms with Crippen LogP contribution in [0, 0.1) is 5.92 Å². The van der Waals surface area contributed by atoms with Gasteiger partial charge in [-0.2, -0.15) is 13.2 Å². The summed E-state index contributed by atoms with van der Waals surface area (Å²) < 4.78 is 52.5. The van der Waals surface area contributed by atoms with E-state index in [-0.39, 0.29) is 12.8 Å². The maximum Gasteiger partial charge on any atom is 0.446 e. The Balaban J connectivity index is 3.13. The van der Waals surface area contributed by atoms with Crippen LogP contribution in [0.15, 0.2) is 12.2 Å². The summed E-state index contributed by atoms with van der Waals surface area (Å²) in [6.45, 7) is 1.35. The Morgan fingerprint density at radius 2 is 1.50 bits per heavy atom. The lowest BCUT2D eigenvalue weighted by Gasteiger charge is -2.42. The molecule has 0 amide bonds. The van der Waals surface area contributed by atoms with Gasteiger partial charge in [0.2, 0.25) is 0 Å². The third-order valence-corrected chi connectivity index (χ3v) is 3.54. The maximum absolute atomic E-state index is 14.6. The average molecular weight is 270 g/mol. The zero-order chi connectivity index (χ0) is 14.0. The molecule has 106 valence electrons. The second kappa shape index (κ2) is 5.17. The quantitative estimate of drug-likeness (QED) is 0.470. The first-order valence-electron chi connectivity index (χ1n) is 6.01. The molecule has 0 aromatic heterocycles. The minimum atomic E-state index is -5.43. The lowest BCUT2D eigenvalue weighted by molar-refractivity contribution is -0.392. The first-order chi connectivity index (χ1) is 8.17. The summed E-state index contributed by atoms with van der Waals surface area (Å²) >= 11 is 0. The van der Waals surface area contributed by atoms with Gasteiger partial charge in [0.15, 0.2) is 5.67 Å². The summed E-state index contributed by atoms with van der Waals surface area (Å²) in [5.41, 5.74) is -3.19. The molecule has 1 fully saturated rings. The Labute approximate surface area is 103 Å². The van der Waals surface area contributed by atoms with Crippen molar-refractivity contribution in [3.63, 3.8) is 0 Å². The maximum atomic E-state index is 14.6. The molecule has 0 aliphatic heterocycles. The minimum absolute atomic E-state index is 0.222. The SMILES string of the molecule is C/C=C/C(F)(C1CCCCC1)C(O)(O)C(F)(F)F. The van der Waals surface area contributed by atoms with Crippen LogP contribution in [0.25, 0.3) is 0 Å². The van der Waals surface area contributed by atoms with Gasteiger partial charge in [-0.25, -0.2) is 4.39 Å². The fraction of sp³-hybridized carbons (Fsp3) is 0.833. The zero-order valence-electron chi connectivity index (χ0n) is 10.2. The molecule has 0 spiro atoms. The fourth-order valence-corrected chi connectivity index (χ4v) is 2.52. The highest BCUT2D eigenvalue weighted by atomic mass is 19.4. The number of hydrogen-bond acceptors (Lipinski definition) is 2. The summed E-state index contributed by atoms with van der Waals surface area (Å²) in [6, 6.07) is 0. The van der Waals surface area contributed by atoms with E-state index < -0.39 is 23.6 Å². The first-order valence-corrected chi connectivity index (χ1v) is 6.01. The molecule has 0 saturated heterocycles. The van der Waals surface area contributed by atoms with Crippen LogP contribution in [-0.2, 0) is 0 Å². The van der Waals surface area contributed by atoms with Crippen LogP contribution in [0.3, 0.4) is 0 Å². The standard InChI is InChI=1S/C12H18F4O2/c1-2-8-10(13,9-6-4-3-5-7-9)11(17,18)12(14,15)16/h2,8-9,17-18H,3-7H2,1H3/b8-2+. The Morgan fingerprint density at radius 3 is 1.89 bits per heavy atom. The van der Waals surface area contributed by atoms with E-state index in [4.69, 9.17) is 0 Å². The Kier molecular flexibility index (Phi) is 4.43. The van der Waals surface area contributed by atoms with Crippen molar-refractivity contribution in [2.75, 3.05) is 0 Å². The Hall–Kier alpha value is -0.620. The van der Waals surface area contributed by atoms with E-state index in [1.807, 2.05) is 0 Å². The van der Waals surface area contributed by atoms with Gasteiger partial charge in [0.25, 0.3) is 0 Å². The van der Waals surface area contributed by atoms with Crippen molar-refractivity contribution in [3.05, 3.63) is 12.2 Å². The van der Waals surface area contributed by atoms with E-state index in [1.54, 1.807) is 0 Å². The van der Waals surface area contributed by atoms with Crippen LogP contribution >= 0.6 is 0 Å². The number of halogens is 4. The van der Waals surface area contributed by atoms with Crippen LogP contribution < -0.4 is 0 Å². The van der Waals surface area contributed by atoms with Crippen LogP contribution in [0.1, 0.15) is 39.0 Å². The molecule has 1 aliphatic rings. The summed E-state index contributed by atoms with van der Waals surface area (Å²) in [4.78, 5) is 0. The fourth-order valence-electron chi connectivity index (χ4n) is 2.52. The van der Waals surface area contributed by atoms with Gasteiger partial charge >= 0.3 is 12.0 Å². The van der Waals surface area contributed by atoms with E-state index >= 15 is 0 Å². The molecule has 6 heteroatoms. The van der Waals surface area contributed by atoms with E-state index in [2.05, 4.69) is 0 Å². The molecule has 0 aromatic carbocycles. The molecule has 0 heterocycles. The molecule has 2 nitrogen and oxygen atoms in total. The van der Waals surface area contributed by atoms with Gasteiger partial charge in [-0.05, 0) is 25.8 Å². The van der Waals surface area contributed by atoms with Crippen molar-refractivity contribution in [3.8, 4) is 0 Å². The van der Waals surface area contributed by atoms with E-state index in [0.29, 0.717) is 18.9 Å². The second-order valence-corrected chi connectivity index (χ2v) is 4.77. The monoisotopic (exact) mass is 270 g/mol. The van der Waals surface area contributed by atoms with Gasteiger partial charge in [-0.15, -0.1) is 0 Å². The summed E-state index contributed by atoms with van der Waals surface area (Å²) in [5, 5.41) is 18.5.